The number of rotatable bonds is 1. The van der Waals surface area contributed by atoms with E-state index in [1.54, 1.807) is 6.92 Å². The highest BCUT2D eigenvalue weighted by Gasteiger charge is 2.34. The first kappa shape index (κ1) is 10.3. The molecule has 72 valence electrons. The Hall–Kier alpha value is 0.170. The molecule has 5 heteroatoms. The van der Waals surface area contributed by atoms with Gasteiger partial charge < -0.3 is 0 Å². The summed E-state index contributed by atoms with van der Waals surface area (Å²) >= 11 is 0. The maximum absolute atomic E-state index is 13.0. The van der Waals surface area contributed by atoms with Crippen molar-refractivity contribution in [2.45, 2.75) is 37.6 Å². The SMILES string of the molecule is CC1CCC(S(=O)(=O)Cl)CC1F. The van der Waals surface area contributed by atoms with Crippen LogP contribution in [-0.2, 0) is 9.05 Å². The molecule has 1 rings (SSSR count). The van der Waals surface area contributed by atoms with Crippen LogP contribution in [0.3, 0.4) is 0 Å². The quantitative estimate of drug-likeness (QED) is 0.627. The highest BCUT2D eigenvalue weighted by Crippen LogP contribution is 2.31. The summed E-state index contributed by atoms with van der Waals surface area (Å²) in [7, 11) is 1.58. The second-order valence-electron chi connectivity index (χ2n) is 3.40. The molecule has 3 unspecified atom stereocenters. The van der Waals surface area contributed by atoms with Gasteiger partial charge in [-0.2, -0.15) is 0 Å². The molecule has 0 N–H and O–H groups in total. The van der Waals surface area contributed by atoms with Crippen molar-refractivity contribution < 1.29 is 12.8 Å². The van der Waals surface area contributed by atoms with E-state index in [0.29, 0.717) is 12.8 Å². The van der Waals surface area contributed by atoms with E-state index in [0.717, 1.165) is 0 Å². The zero-order chi connectivity index (χ0) is 9.35. The van der Waals surface area contributed by atoms with Gasteiger partial charge in [0, 0.05) is 10.7 Å². The minimum absolute atomic E-state index is 0.0281. The zero-order valence-electron chi connectivity index (χ0n) is 6.83. The Morgan fingerprint density at radius 2 is 2.00 bits per heavy atom. The van der Waals surface area contributed by atoms with E-state index in [-0.39, 0.29) is 12.3 Å². The molecular weight excluding hydrogens is 203 g/mol. The van der Waals surface area contributed by atoms with Crippen molar-refractivity contribution in [3.63, 3.8) is 0 Å². The summed E-state index contributed by atoms with van der Waals surface area (Å²) in [4.78, 5) is 0. The van der Waals surface area contributed by atoms with Crippen molar-refractivity contribution in [1.29, 1.82) is 0 Å². The Morgan fingerprint density at radius 3 is 2.42 bits per heavy atom. The molecule has 1 fully saturated rings. The molecule has 0 spiro atoms. The van der Waals surface area contributed by atoms with Gasteiger partial charge in [0.25, 0.3) is 0 Å². The van der Waals surface area contributed by atoms with Crippen LogP contribution >= 0.6 is 10.7 Å². The first-order valence-corrected chi connectivity index (χ1v) is 6.36. The molecule has 0 aromatic heterocycles. The van der Waals surface area contributed by atoms with Crippen LogP contribution in [0.15, 0.2) is 0 Å². The lowest BCUT2D eigenvalue weighted by Gasteiger charge is -2.27. The maximum Gasteiger partial charge on any atom is 0.235 e. The van der Waals surface area contributed by atoms with Crippen LogP contribution in [0.1, 0.15) is 26.2 Å². The van der Waals surface area contributed by atoms with Gasteiger partial charge in [-0.25, -0.2) is 12.8 Å². The fourth-order valence-electron chi connectivity index (χ4n) is 1.49. The average Bonchev–Trinajstić information content (AvgIpc) is 1.92. The van der Waals surface area contributed by atoms with Gasteiger partial charge in [-0.15, -0.1) is 0 Å². The minimum Gasteiger partial charge on any atom is -0.247 e. The molecule has 0 heterocycles. The smallest absolute Gasteiger partial charge is 0.235 e. The molecule has 0 radical (unpaired) electrons. The number of hydrogen-bond donors (Lipinski definition) is 0. The topological polar surface area (TPSA) is 34.1 Å². The van der Waals surface area contributed by atoms with Gasteiger partial charge >= 0.3 is 0 Å². The molecular formula is C7H12ClFO2S. The third-order valence-electron chi connectivity index (χ3n) is 2.45. The van der Waals surface area contributed by atoms with Crippen LogP contribution in [0, 0.1) is 5.92 Å². The van der Waals surface area contributed by atoms with Gasteiger partial charge in [-0.1, -0.05) is 6.92 Å². The van der Waals surface area contributed by atoms with Gasteiger partial charge in [0.2, 0.25) is 9.05 Å². The van der Waals surface area contributed by atoms with Crippen molar-refractivity contribution in [1.82, 2.24) is 0 Å². The Morgan fingerprint density at radius 1 is 1.42 bits per heavy atom. The Balaban J connectivity index is 2.64. The Labute approximate surface area is 76.5 Å². The van der Waals surface area contributed by atoms with Crippen molar-refractivity contribution in [3.8, 4) is 0 Å². The molecule has 3 atom stereocenters. The molecule has 0 amide bonds. The van der Waals surface area contributed by atoms with Crippen LogP contribution in [0.25, 0.3) is 0 Å². The van der Waals surface area contributed by atoms with Gasteiger partial charge in [-0.05, 0) is 25.2 Å². The van der Waals surface area contributed by atoms with Crippen molar-refractivity contribution in [2.24, 2.45) is 5.92 Å². The third kappa shape index (κ3) is 2.33. The lowest BCUT2D eigenvalue weighted by Crippen LogP contribution is -2.30. The molecule has 0 aromatic carbocycles. The van der Waals surface area contributed by atoms with E-state index >= 15 is 0 Å². The first-order valence-electron chi connectivity index (χ1n) is 3.99. The number of halogens is 2. The van der Waals surface area contributed by atoms with E-state index in [2.05, 4.69) is 0 Å². The number of hydrogen-bond acceptors (Lipinski definition) is 2. The molecule has 12 heavy (non-hydrogen) atoms. The van der Waals surface area contributed by atoms with E-state index in [9.17, 15) is 12.8 Å². The van der Waals surface area contributed by atoms with E-state index < -0.39 is 20.5 Å². The van der Waals surface area contributed by atoms with Crippen molar-refractivity contribution in [2.75, 3.05) is 0 Å². The fourth-order valence-corrected chi connectivity index (χ4v) is 2.80. The van der Waals surface area contributed by atoms with E-state index in [4.69, 9.17) is 10.7 Å². The highest BCUT2D eigenvalue weighted by molar-refractivity contribution is 8.14. The minimum atomic E-state index is -3.55. The summed E-state index contributed by atoms with van der Waals surface area (Å²) in [6, 6.07) is 0. The normalized spacial score (nSPS) is 38.1. The van der Waals surface area contributed by atoms with Crippen LogP contribution in [-0.4, -0.2) is 19.8 Å². The van der Waals surface area contributed by atoms with Crippen LogP contribution < -0.4 is 0 Å². The van der Waals surface area contributed by atoms with Crippen LogP contribution in [0.4, 0.5) is 4.39 Å². The van der Waals surface area contributed by atoms with Crippen molar-refractivity contribution >= 4 is 19.7 Å². The van der Waals surface area contributed by atoms with Gasteiger partial charge in [-0.3, -0.25) is 0 Å². The highest BCUT2D eigenvalue weighted by atomic mass is 35.7. The zero-order valence-corrected chi connectivity index (χ0v) is 8.41. The summed E-state index contributed by atoms with van der Waals surface area (Å²) in [5.41, 5.74) is 0. The predicted octanol–water partition coefficient (Wildman–Crippen LogP) is 2.08. The summed E-state index contributed by atoms with van der Waals surface area (Å²) < 4.78 is 34.7. The summed E-state index contributed by atoms with van der Waals surface area (Å²) in [6.07, 6.45) is 0.148. The second-order valence-corrected chi connectivity index (χ2v) is 6.31. The Bertz CT molecular complexity index is 252. The van der Waals surface area contributed by atoms with Crippen LogP contribution in [0.2, 0.25) is 0 Å². The molecule has 0 aromatic rings. The molecule has 1 aliphatic rings. The molecule has 0 bridgehead atoms. The van der Waals surface area contributed by atoms with Gasteiger partial charge in [0.1, 0.15) is 6.17 Å². The predicted molar refractivity (Wildman–Crippen MR) is 46.5 cm³/mol. The molecule has 2 nitrogen and oxygen atoms in total. The Kier molecular flexibility index (Phi) is 2.99. The molecule has 0 aliphatic heterocycles. The van der Waals surface area contributed by atoms with Gasteiger partial charge in [0.05, 0.1) is 5.25 Å². The van der Waals surface area contributed by atoms with Crippen LogP contribution in [0.5, 0.6) is 0 Å². The van der Waals surface area contributed by atoms with E-state index in [1.807, 2.05) is 0 Å². The lowest BCUT2D eigenvalue weighted by atomic mass is 9.89. The maximum atomic E-state index is 13.0. The standard InChI is InChI=1S/C7H12ClFO2S/c1-5-2-3-6(4-7(5)9)12(8,10)11/h5-7H,2-4H2,1H3. The van der Waals surface area contributed by atoms with Crippen molar-refractivity contribution in [3.05, 3.63) is 0 Å². The van der Waals surface area contributed by atoms with E-state index in [1.165, 1.54) is 0 Å². The molecule has 1 aliphatic carbocycles. The lowest BCUT2D eigenvalue weighted by molar-refractivity contribution is 0.181. The second kappa shape index (κ2) is 3.50. The third-order valence-corrected chi connectivity index (χ3v) is 4.43. The summed E-state index contributed by atoms with van der Waals surface area (Å²) in [5, 5.41) is -0.676. The fraction of sp³-hybridized carbons (Fsp3) is 1.00. The first-order chi connectivity index (χ1) is 5.41. The summed E-state index contributed by atoms with van der Waals surface area (Å²) in [6.45, 7) is 1.79. The molecule has 1 saturated carbocycles. The average molecular weight is 215 g/mol. The molecule has 0 saturated heterocycles. The number of alkyl halides is 1. The van der Waals surface area contributed by atoms with Gasteiger partial charge in [0.15, 0.2) is 0 Å². The largest absolute Gasteiger partial charge is 0.247 e. The summed E-state index contributed by atoms with van der Waals surface area (Å²) in [5.74, 6) is -0.0281. The monoisotopic (exact) mass is 214 g/mol.